The Bertz CT molecular complexity index is 981. The molecule has 10 heteroatoms. The molecule has 0 atom stereocenters. The van der Waals surface area contributed by atoms with Crippen molar-refractivity contribution in [2.75, 3.05) is 42.7 Å². The summed E-state index contributed by atoms with van der Waals surface area (Å²) in [5.74, 6) is -2.85. The first-order valence-electron chi connectivity index (χ1n) is 8.44. The van der Waals surface area contributed by atoms with Gasteiger partial charge in [0.2, 0.25) is 11.5 Å². The molecule has 10 nitrogen and oxygen atoms in total. The van der Waals surface area contributed by atoms with Gasteiger partial charge in [-0.15, -0.1) is 0 Å². The molecule has 0 heterocycles. The van der Waals surface area contributed by atoms with E-state index in [2.05, 4.69) is 0 Å². The van der Waals surface area contributed by atoms with Crippen LogP contribution in [0.5, 0.6) is 34.5 Å². The Kier molecular flexibility index (Phi) is 6.83. The molecule has 0 bridgehead atoms. The standard InChI is InChI=1S/C20H22O10/c1-25-10-8-7-9(14(26-2)15(10)27-3)11-12(19(21)22)13(20(23)24)17(29-5)18(30-6)16(11)28-4/h7-8H,1-6H3,(H,21,22)(H,23,24). The minimum atomic E-state index is -1.52. The highest BCUT2D eigenvalue weighted by Gasteiger charge is 2.35. The second kappa shape index (κ2) is 9.12. The third-order valence-corrected chi connectivity index (χ3v) is 4.38. The Morgan fingerprint density at radius 1 is 0.600 bits per heavy atom. The molecule has 0 radical (unpaired) electrons. The molecule has 0 aliphatic rings. The highest BCUT2D eigenvalue weighted by atomic mass is 16.5. The summed E-state index contributed by atoms with van der Waals surface area (Å²) < 4.78 is 32.0. The van der Waals surface area contributed by atoms with Crippen LogP contribution in [0.4, 0.5) is 0 Å². The van der Waals surface area contributed by atoms with Crippen LogP contribution in [0.2, 0.25) is 0 Å². The van der Waals surface area contributed by atoms with E-state index in [1.807, 2.05) is 0 Å². The monoisotopic (exact) mass is 422 g/mol. The molecule has 0 aromatic heterocycles. The summed E-state index contributed by atoms with van der Waals surface area (Å²) in [6.45, 7) is 0. The fraction of sp³-hybridized carbons (Fsp3) is 0.300. The lowest BCUT2D eigenvalue weighted by atomic mass is 9.91. The van der Waals surface area contributed by atoms with Gasteiger partial charge in [-0.3, -0.25) is 0 Å². The van der Waals surface area contributed by atoms with Crippen molar-refractivity contribution < 1.29 is 48.2 Å². The smallest absolute Gasteiger partial charge is 0.340 e. The first kappa shape index (κ1) is 22.5. The van der Waals surface area contributed by atoms with Crippen molar-refractivity contribution in [2.45, 2.75) is 0 Å². The van der Waals surface area contributed by atoms with Gasteiger partial charge in [-0.1, -0.05) is 0 Å². The third-order valence-electron chi connectivity index (χ3n) is 4.38. The molecule has 2 aromatic carbocycles. The van der Waals surface area contributed by atoms with E-state index in [1.165, 1.54) is 54.8 Å². The predicted molar refractivity (Wildman–Crippen MR) is 105 cm³/mol. The summed E-state index contributed by atoms with van der Waals surface area (Å²) in [6, 6.07) is 3.03. The highest BCUT2D eigenvalue weighted by Crippen LogP contribution is 2.54. The summed E-state index contributed by atoms with van der Waals surface area (Å²) in [4.78, 5) is 24.2. The van der Waals surface area contributed by atoms with E-state index in [-0.39, 0.29) is 39.9 Å². The van der Waals surface area contributed by atoms with E-state index in [4.69, 9.17) is 28.4 Å². The molecule has 162 valence electrons. The van der Waals surface area contributed by atoms with Crippen molar-refractivity contribution in [1.82, 2.24) is 0 Å². The molecule has 0 aliphatic heterocycles. The number of carboxylic acid groups (broad SMARTS) is 2. The summed E-state index contributed by atoms with van der Waals surface area (Å²) in [5.41, 5.74) is -1.07. The number of hydrogen-bond acceptors (Lipinski definition) is 8. The predicted octanol–water partition coefficient (Wildman–Crippen LogP) is 2.80. The molecule has 0 unspecified atom stereocenters. The maximum Gasteiger partial charge on any atom is 0.340 e. The van der Waals surface area contributed by atoms with Gasteiger partial charge in [0.1, 0.15) is 5.56 Å². The highest BCUT2D eigenvalue weighted by molar-refractivity contribution is 6.11. The van der Waals surface area contributed by atoms with Crippen molar-refractivity contribution in [3.05, 3.63) is 23.3 Å². The minimum absolute atomic E-state index is 0.0535. The van der Waals surface area contributed by atoms with E-state index >= 15 is 0 Å². The zero-order valence-corrected chi connectivity index (χ0v) is 17.3. The molecule has 0 saturated heterocycles. The van der Waals surface area contributed by atoms with Crippen LogP contribution in [0.1, 0.15) is 20.7 Å². The molecular weight excluding hydrogens is 400 g/mol. The van der Waals surface area contributed by atoms with Crippen LogP contribution < -0.4 is 28.4 Å². The van der Waals surface area contributed by atoms with Gasteiger partial charge in [-0.2, -0.15) is 0 Å². The first-order chi connectivity index (χ1) is 14.3. The van der Waals surface area contributed by atoms with Gasteiger partial charge in [0.15, 0.2) is 23.0 Å². The molecule has 0 spiro atoms. The zero-order valence-electron chi connectivity index (χ0n) is 17.3. The molecule has 2 N–H and O–H groups in total. The average Bonchev–Trinajstić information content (AvgIpc) is 2.75. The normalized spacial score (nSPS) is 10.2. The fourth-order valence-corrected chi connectivity index (χ4v) is 3.23. The third kappa shape index (κ3) is 3.47. The fourth-order valence-electron chi connectivity index (χ4n) is 3.23. The minimum Gasteiger partial charge on any atom is -0.493 e. The van der Waals surface area contributed by atoms with E-state index < -0.39 is 23.1 Å². The van der Waals surface area contributed by atoms with Gasteiger partial charge in [0.05, 0.1) is 48.2 Å². The Hall–Kier alpha value is -3.82. The quantitative estimate of drug-likeness (QED) is 0.622. The van der Waals surface area contributed by atoms with Gasteiger partial charge < -0.3 is 38.6 Å². The Labute approximate surface area is 172 Å². The van der Waals surface area contributed by atoms with Crippen LogP contribution in [0.3, 0.4) is 0 Å². The van der Waals surface area contributed by atoms with Crippen molar-refractivity contribution >= 4 is 11.9 Å². The number of benzene rings is 2. The van der Waals surface area contributed by atoms with Gasteiger partial charge in [0.25, 0.3) is 0 Å². The van der Waals surface area contributed by atoms with Gasteiger partial charge in [0, 0.05) is 11.1 Å². The topological polar surface area (TPSA) is 130 Å². The molecule has 0 aliphatic carbocycles. The number of rotatable bonds is 9. The number of carbonyl (C=O) groups is 2. The van der Waals surface area contributed by atoms with E-state index in [9.17, 15) is 19.8 Å². The number of ether oxygens (including phenoxy) is 6. The Morgan fingerprint density at radius 3 is 1.50 bits per heavy atom. The van der Waals surface area contributed by atoms with Crippen LogP contribution >= 0.6 is 0 Å². The van der Waals surface area contributed by atoms with Gasteiger partial charge in [-0.05, 0) is 12.1 Å². The average molecular weight is 422 g/mol. The van der Waals surface area contributed by atoms with Crippen LogP contribution in [0.15, 0.2) is 12.1 Å². The number of carboxylic acids is 2. The second-order valence-electron chi connectivity index (χ2n) is 5.72. The van der Waals surface area contributed by atoms with Crippen LogP contribution in [0, 0.1) is 0 Å². The lowest BCUT2D eigenvalue weighted by molar-refractivity contribution is 0.0648. The maximum absolute atomic E-state index is 12.2. The molecule has 2 rings (SSSR count). The van der Waals surface area contributed by atoms with Crippen molar-refractivity contribution in [2.24, 2.45) is 0 Å². The number of aromatic carboxylic acids is 2. The van der Waals surface area contributed by atoms with Crippen LogP contribution in [-0.2, 0) is 0 Å². The lowest BCUT2D eigenvalue weighted by Crippen LogP contribution is -2.14. The van der Waals surface area contributed by atoms with Gasteiger partial charge >= 0.3 is 11.9 Å². The van der Waals surface area contributed by atoms with E-state index in [0.717, 1.165) is 0 Å². The van der Waals surface area contributed by atoms with E-state index in [0.29, 0.717) is 5.75 Å². The molecular formula is C20H22O10. The molecule has 0 amide bonds. The SMILES string of the molecule is COc1ccc(-c2c(OC)c(OC)c(OC)c(C(=O)O)c2C(=O)O)c(OC)c1OC. The lowest BCUT2D eigenvalue weighted by Gasteiger charge is -2.23. The van der Waals surface area contributed by atoms with Gasteiger partial charge in [-0.25, -0.2) is 9.59 Å². The maximum atomic E-state index is 12.2. The molecule has 0 fully saturated rings. The van der Waals surface area contributed by atoms with Crippen molar-refractivity contribution in [3.63, 3.8) is 0 Å². The molecule has 2 aromatic rings. The summed E-state index contributed by atoms with van der Waals surface area (Å²) in [7, 11) is 7.94. The molecule has 0 saturated carbocycles. The zero-order chi connectivity index (χ0) is 22.6. The first-order valence-corrected chi connectivity index (χ1v) is 8.44. The summed E-state index contributed by atoms with van der Waals surface area (Å²) in [6.07, 6.45) is 0. The van der Waals surface area contributed by atoms with Crippen molar-refractivity contribution in [1.29, 1.82) is 0 Å². The second-order valence-corrected chi connectivity index (χ2v) is 5.72. The Balaban J connectivity index is 3.19. The van der Waals surface area contributed by atoms with Crippen LogP contribution in [-0.4, -0.2) is 64.8 Å². The van der Waals surface area contributed by atoms with Crippen molar-refractivity contribution in [3.8, 4) is 45.6 Å². The number of methoxy groups -OCH3 is 6. The summed E-state index contributed by atoms with van der Waals surface area (Å²) in [5, 5.41) is 19.7. The number of hydrogen-bond donors (Lipinski definition) is 2. The Morgan fingerprint density at radius 2 is 1.10 bits per heavy atom. The van der Waals surface area contributed by atoms with E-state index in [1.54, 1.807) is 0 Å². The molecule has 30 heavy (non-hydrogen) atoms. The van der Waals surface area contributed by atoms with Crippen LogP contribution in [0.25, 0.3) is 11.1 Å². The summed E-state index contributed by atoms with van der Waals surface area (Å²) >= 11 is 0. The largest absolute Gasteiger partial charge is 0.493 e.